The molecule has 2 aromatic carbocycles. The minimum atomic E-state index is -0.800. The van der Waals surface area contributed by atoms with Gasteiger partial charge < -0.3 is 14.0 Å². The minimum Gasteiger partial charge on any atom is -0.381 e. The predicted molar refractivity (Wildman–Crippen MR) is 106 cm³/mol. The van der Waals surface area contributed by atoms with E-state index in [1.807, 2.05) is 30.3 Å². The van der Waals surface area contributed by atoms with Crippen LogP contribution in [0.4, 0.5) is 4.39 Å². The van der Waals surface area contributed by atoms with E-state index in [4.69, 9.17) is 14.0 Å². The topological polar surface area (TPSA) is 61.6 Å². The first-order valence-electron chi connectivity index (χ1n) is 9.94. The Hall–Kier alpha value is -2.57. The van der Waals surface area contributed by atoms with Crippen LogP contribution in [0.1, 0.15) is 46.6 Å². The van der Waals surface area contributed by atoms with E-state index in [9.17, 15) is 9.18 Å². The molecule has 1 aromatic heterocycles. The fourth-order valence-electron chi connectivity index (χ4n) is 3.67. The SMILES string of the molecule is O=C(CCC1CCOC1)c1noc(COCc2ccc3ccccc3c2)c1CF. The van der Waals surface area contributed by atoms with Crippen molar-refractivity contribution in [3.63, 3.8) is 0 Å². The highest BCUT2D eigenvalue weighted by Crippen LogP contribution is 2.23. The molecule has 0 N–H and O–H groups in total. The van der Waals surface area contributed by atoms with E-state index in [0.29, 0.717) is 25.6 Å². The maximum atomic E-state index is 13.6. The second kappa shape index (κ2) is 9.29. The summed E-state index contributed by atoms with van der Waals surface area (Å²) < 4.78 is 29.8. The van der Waals surface area contributed by atoms with Crippen molar-refractivity contribution in [2.24, 2.45) is 5.92 Å². The number of fused-ring (bicyclic) bond motifs is 1. The summed E-state index contributed by atoms with van der Waals surface area (Å²) in [5, 5.41) is 6.13. The van der Waals surface area contributed by atoms with Gasteiger partial charge in [-0.25, -0.2) is 4.39 Å². The van der Waals surface area contributed by atoms with Crippen molar-refractivity contribution in [1.82, 2.24) is 5.16 Å². The van der Waals surface area contributed by atoms with Crippen molar-refractivity contribution in [2.75, 3.05) is 13.2 Å². The van der Waals surface area contributed by atoms with Crippen LogP contribution in [0.15, 0.2) is 47.0 Å². The lowest BCUT2D eigenvalue weighted by molar-refractivity contribution is 0.0870. The second-order valence-electron chi connectivity index (χ2n) is 7.43. The van der Waals surface area contributed by atoms with Gasteiger partial charge in [-0.05, 0) is 41.2 Å². The molecule has 1 saturated heterocycles. The molecule has 6 heteroatoms. The number of benzene rings is 2. The van der Waals surface area contributed by atoms with Crippen LogP contribution in [0, 0.1) is 5.92 Å². The number of ether oxygens (including phenoxy) is 2. The third-order valence-corrected chi connectivity index (χ3v) is 5.39. The molecule has 2 heterocycles. The molecule has 0 bridgehead atoms. The van der Waals surface area contributed by atoms with Gasteiger partial charge >= 0.3 is 0 Å². The molecule has 0 aliphatic carbocycles. The number of hydrogen-bond acceptors (Lipinski definition) is 5. The lowest BCUT2D eigenvalue weighted by Crippen LogP contribution is -2.08. The van der Waals surface area contributed by atoms with E-state index in [1.54, 1.807) is 0 Å². The highest BCUT2D eigenvalue weighted by atomic mass is 19.1. The van der Waals surface area contributed by atoms with Crippen LogP contribution in [-0.4, -0.2) is 24.2 Å². The van der Waals surface area contributed by atoms with Crippen molar-refractivity contribution in [3.05, 3.63) is 65.0 Å². The summed E-state index contributed by atoms with van der Waals surface area (Å²) in [5.41, 5.74) is 1.31. The zero-order valence-corrected chi connectivity index (χ0v) is 16.2. The Morgan fingerprint density at radius 3 is 2.83 bits per heavy atom. The van der Waals surface area contributed by atoms with Crippen molar-refractivity contribution >= 4 is 16.6 Å². The Balaban J connectivity index is 1.35. The molecule has 1 unspecified atom stereocenters. The molecule has 152 valence electrons. The standard InChI is InChI=1S/C23H24FNO4/c24-12-20-22(29-25-23(20)21(26)8-6-16-9-10-27-13-16)15-28-14-17-5-7-18-3-1-2-4-19(18)11-17/h1-5,7,11,16H,6,8-10,12-15H2. The molecule has 29 heavy (non-hydrogen) atoms. The van der Waals surface area contributed by atoms with Crippen LogP contribution in [0.25, 0.3) is 10.8 Å². The molecule has 5 nitrogen and oxygen atoms in total. The summed E-state index contributed by atoms with van der Waals surface area (Å²) in [6.45, 7) is 1.07. The second-order valence-corrected chi connectivity index (χ2v) is 7.43. The number of rotatable bonds is 9. The number of alkyl halides is 1. The Morgan fingerprint density at radius 2 is 2.03 bits per heavy atom. The summed E-state index contributed by atoms with van der Waals surface area (Å²) in [5.74, 6) is 0.486. The molecular formula is C23H24FNO4. The molecule has 4 rings (SSSR count). The number of nitrogens with zero attached hydrogens (tertiary/aromatic N) is 1. The summed E-state index contributed by atoms with van der Waals surface area (Å²) in [6.07, 6.45) is 2.02. The van der Waals surface area contributed by atoms with E-state index in [2.05, 4.69) is 17.3 Å². The fraction of sp³-hybridized carbons (Fsp3) is 0.391. The number of carbonyl (C=O) groups excluding carboxylic acids is 1. The summed E-state index contributed by atoms with van der Waals surface area (Å²) in [4.78, 5) is 12.4. The Bertz CT molecular complexity index is 978. The third-order valence-electron chi connectivity index (χ3n) is 5.39. The summed E-state index contributed by atoms with van der Waals surface area (Å²) in [6, 6.07) is 14.2. The number of halogens is 1. The summed E-state index contributed by atoms with van der Waals surface area (Å²) >= 11 is 0. The lowest BCUT2D eigenvalue weighted by Gasteiger charge is -2.06. The van der Waals surface area contributed by atoms with Gasteiger partial charge in [0.05, 0.1) is 12.2 Å². The van der Waals surface area contributed by atoms with E-state index >= 15 is 0 Å². The van der Waals surface area contributed by atoms with Gasteiger partial charge in [-0.2, -0.15) is 0 Å². The normalized spacial score (nSPS) is 16.5. The van der Waals surface area contributed by atoms with Gasteiger partial charge in [0.25, 0.3) is 0 Å². The first-order chi connectivity index (χ1) is 14.2. The zero-order valence-electron chi connectivity index (χ0n) is 16.2. The lowest BCUT2D eigenvalue weighted by atomic mass is 9.99. The molecule has 1 atom stereocenters. The molecule has 1 aliphatic rings. The average Bonchev–Trinajstić information content (AvgIpc) is 3.41. The number of aromatic nitrogens is 1. The third kappa shape index (κ3) is 4.71. The van der Waals surface area contributed by atoms with Gasteiger partial charge in [0.1, 0.15) is 13.3 Å². The molecule has 0 saturated carbocycles. The molecule has 3 aromatic rings. The van der Waals surface area contributed by atoms with E-state index < -0.39 is 6.67 Å². The highest BCUT2D eigenvalue weighted by molar-refractivity contribution is 5.95. The number of carbonyl (C=O) groups is 1. The van der Waals surface area contributed by atoms with E-state index in [1.165, 1.54) is 5.39 Å². The average molecular weight is 397 g/mol. The van der Waals surface area contributed by atoms with Crippen molar-refractivity contribution < 1.29 is 23.2 Å². The summed E-state index contributed by atoms with van der Waals surface area (Å²) in [7, 11) is 0. The molecule has 0 spiro atoms. The van der Waals surface area contributed by atoms with Crippen LogP contribution in [0.2, 0.25) is 0 Å². The zero-order chi connectivity index (χ0) is 20.1. The van der Waals surface area contributed by atoms with Crippen LogP contribution < -0.4 is 0 Å². The van der Waals surface area contributed by atoms with Gasteiger partial charge in [-0.15, -0.1) is 0 Å². The van der Waals surface area contributed by atoms with Gasteiger partial charge in [-0.3, -0.25) is 4.79 Å². The van der Waals surface area contributed by atoms with Gasteiger partial charge in [0.2, 0.25) is 0 Å². The smallest absolute Gasteiger partial charge is 0.185 e. The van der Waals surface area contributed by atoms with Crippen LogP contribution in [0.5, 0.6) is 0 Å². The minimum absolute atomic E-state index is 0.0722. The van der Waals surface area contributed by atoms with E-state index in [0.717, 1.165) is 30.4 Å². The molecule has 0 amide bonds. The Kier molecular flexibility index (Phi) is 6.32. The van der Waals surface area contributed by atoms with Crippen LogP contribution in [0.3, 0.4) is 0 Å². The Labute approximate surface area is 168 Å². The van der Waals surface area contributed by atoms with Gasteiger partial charge in [0, 0.05) is 19.6 Å². The van der Waals surface area contributed by atoms with Crippen molar-refractivity contribution in [3.8, 4) is 0 Å². The van der Waals surface area contributed by atoms with Crippen molar-refractivity contribution in [2.45, 2.75) is 39.2 Å². The number of hydrogen-bond donors (Lipinski definition) is 0. The highest BCUT2D eigenvalue weighted by Gasteiger charge is 2.24. The first-order valence-corrected chi connectivity index (χ1v) is 9.94. The number of ketones is 1. The Morgan fingerprint density at radius 1 is 1.17 bits per heavy atom. The monoisotopic (exact) mass is 397 g/mol. The maximum Gasteiger partial charge on any atom is 0.185 e. The fourth-order valence-corrected chi connectivity index (χ4v) is 3.67. The molecule has 1 aliphatic heterocycles. The predicted octanol–water partition coefficient (Wildman–Crippen LogP) is 5.01. The molecular weight excluding hydrogens is 373 g/mol. The van der Waals surface area contributed by atoms with Crippen molar-refractivity contribution in [1.29, 1.82) is 0 Å². The first kappa shape index (κ1) is 19.7. The van der Waals surface area contributed by atoms with Gasteiger partial charge in [0.15, 0.2) is 17.2 Å². The quantitative estimate of drug-likeness (QED) is 0.475. The van der Waals surface area contributed by atoms with Crippen LogP contribution >= 0.6 is 0 Å². The van der Waals surface area contributed by atoms with Crippen LogP contribution in [-0.2, 0) is 29.4 Å². The largest absolute Gasteiger partial charge is 0.381 e. The van der Waals surface area contributed by atoms with Gasteiger partial charge in [-0.1, -0.05) is 41.6 Å². The molecule has 0 radical (unpaired) electrons. The number of Topliss-reactive ketones (excluding diaryl/α,β-unsaturated/α-hetero) is 1. The molecule has 1 fully saturated rings. The van der Waals surface area contributed by atoms with E-state index in [-0.39, 0.29) is 29.4 Å². The maximum absolute atomic E-state index is 13.6.